The Morgan fingerprint density at radius 2 is 1.94 bits per heavy atom. The van der Waals surface area contributed by atoms with Crippen molar-refractivity contribution < 1.29 is 8.42 Å². The van der Waals surface area contributed by atoms with Crippen molar-refractivity contribution in [1.29, 1.82) is 0 Å². The van der Waals surface area contributed by atoms with Crippen molar-refractivity contribution in [3.63, 3.8) is 0 Å². The van der Waals surface area contributed by atoms with E-state index >= 15 is 0 Å². The van der Waals surface area contributed by atoms with Gasteiger partial charge in [-0.15, -0.1) is 0 Å². The lowest BCUT2D eigenvalue weighted by Crippen LogP contribution is -2.41. The molecule has 0 radical (unpaired) electrons. The zero-order valence-electron chi connectivity index (χ0n) is 9.35. The second kappa shape index (κ2) is 5.98. The van der Waals surface area contributed by atoms with Crippen molar-refractivity contribution in [2.75, 3.05) is 35.3 Å². The van der Waals surface area contributed by atoms with Crippen molar-refractivity contribution in [2.45, 2.75) is 24.1 Å². The van der Waals surface area contributed by atoms with Crippen LogP contribution in [-0.2, 0) is 9.84 Å². The summed E-state index contributed by atoms with van der Waals surface area (Å²) in [7, 11) is -2.71. The number of sulfone groups is 1. The van der Waals surface area contributed by atoms with Gasteiger partial charge in [0, 0.05) is 35.1 Å². The summed E-state index contributed by atoms with van der Waals surface area (Å²) in [5.41, 5.74) is 0. The molecular formula is C10H19NO2S3. The normalized spacial score (nSPS) is 31.4. The van der Waals surface area contributed by atoms with E-state index in [1.807, 2.05) is 23.5 Å². The largest absolute Gasteiger partial charge is 0.313 e. The SMILES string of the molecule is O=S1(=O)CCC(NCC2CSCCS2)CC1. The highest BCUT2D eigenvalue weighted by Crippen LogP contribution is 2.23. The third-order valence-electron chi connectivity index (χ3n) is 3.07. The van der Waals surface area contributed by atoms with Crippen LogP contribution < -0.4 is 5.32 Å². The van der Waals surface area contributed by atoms with Crippen LogP contribution >= 0.6 is 23.5 Å². The lowest BCUT2D eigenvalue weighted by atomic mass is 10.1. The van der Waals surface area contributed by atoms with Gasteiger partial charge in [0.1, 0.15) is 9.84 Å². The quantitative estimate of drug-likeness (QED) is 0.836. The molecule has 2 aliphatic heterocycles. The molecule has 1 atom stereocenters. The first-order chi connectivity index (χ1) is 7.66. The zero-order valence-corrected chi connectivity index (χ0v) is 11.8. The molecule has 2 saturated heterocycles. The van der Waals surface area contributed by atoms with Crippen LogP contribution in [0.1, 0.15) is 12.8 Å². The standard InChI is InChI=1S/C10H19NO2S3/c12-16(13)5-1-9(2-6-16)11-7-10-8-14-3-4-15-10/h9-11H,1-8H2. The molecule has 2 aliphatic rings. The summed E-state index contributed by atoms with van der Waals surface area (Å²) in [5.74, 6) is 4.52. The number of nitrogens with one attached hydrogen (secondary N) is 1. The van der Waals surface area contributed by atoms with E-state index in [-0.39, 0.29) is 0 Å². The molecule has 0 spiro atoms. The first-order valence-corrected chi connectivity index (χ1v) is 9.81. The van der Waals surface area contributed by atoms with Crippen LogP contribution in [0.5, 0.6) is 0 Å². The van der Waals surface area contributed by atoms with Gasteiger partial charge in [0.25, 0.3) is 0 Å². The molecule has 0 bridgehead atoms. The molecule has 2 rings (SSSR count). The molecule has 6 heteroatoms. The summed E-state index contributed by atoms with van der Waals surface area (Å²) in [5, 5.41) is 4.25. The molecule has 1 unspecified atom stereocenters. The first kappa shape index (κ1) is 13.1. The van der Waals surface area contributed by atoms with Crippen LogP contribution in [0.3, 0.4) is 0 Å². The van der Waals surface area contributed by atoms with Gasteiger partial charge in [-0.2, -0.15) is 23.5 Å². The molecule has 94 valence electrons. The lowest BCUT2D eigenvalue weighted by molar-refractivity contribution is 0.467. The summed E-state index contributed by atoms with van der Waals surface area (Å²) >= 11 is 4.08. The van der Waals surface area contributed by atoms with Crippen LogP contribution in [0.2, 0.25) is 0 Å². The van der Waals surface area contributed by atoms with Gasteiger partial charge in [-0.25, -0.2) is 8.42 Å². The van der Waals surface area contributed by atoms with E-state index < -0.39 is 9.84 Å². The van der Waals surface area contributed by atoms with E-state index in [1.54, 1.807) is 0 Å². The number of thioether (sulfide) groups is 2. The molecule has 1 N–H and O–H groups in total. The van der Waals surface area contributed by atoms with Gasteiger partial charge in [-0.3, -0.25) is 0 Å². The molecule has 0 aromatic heterocycles. The van der Waals surface area contributed by atoms with E-state index in [0.29, 0.717) is 17.5 Å². The maximum atomic E-state index is 11.3. The van der Waals surface area contributed by atoms with Gasteiger partial charge in [-0.1, -0.05) is 0 Å². The Balaban J connectivity index is 1.67. The van der Waals surface area contributed by atoms with E-state index in [2.05, 4.69) is 5.32 Å². The molecule has 2 heterocycles. The second-order valence-electron chi connectivity index (χ2n) is 4.40. The van der Waals surface area contributed by atoms with E-state index in [1.165, 1.54) is 17.3 Å². The van der Waals surface area contributed by atoms with Crippen molar-refractivity contribution >= 4 is 33.4 Å². The van der Waals surface area contributed by atoms with Crippen LogP contribution in [0.25, 0.3) is 0 Å². The Morgan fingerprint density at radius 1 is 1.19 bits per heavy atom. The molecule has 3 nitrogen and oxygen atoms in total. The highest BCUT2D eigenvalue weighted by atomic mass is 32.2. The predicted octanol–water partition coefficient (Wildman–Crippen LogP) is 1.00. The molecule has 2 fully saturated rings. The Hall–Kier alpha value is 0.610. The van der Waals surface area contributed by atoms with Crippen LogP contribution in [0.15, 0.2) is 0 Å². The molecule has 0 aliphatic carbocycles. The lowest BCUT2D eigenvalue weighted by Gasteiger charge is -2.27. The average Bonchev–Trinajstić information content (AvgIpc) is 2.29. The minimum absolute atomic E-state index is 0.372. The highest BCUT2D eigenvalue weighted by Gasteiger charge is 2.24. The van der Waals surface area contributed by atoms with Gasteiger partial charge in [0.05, 0.1) is 11.5 Å². The van der Waals surface area contributed by atoms with Crippen molar-refractivity contribution in [2.24, 2.45) is 0 Å². The monoisotopic (exact) mass is 281 g/mol. The van der Waals surface area contributed by atoms with E-state index in [9.17, 15) is 8.42 Å². The Bertz CT molecular complexity index is 298. The van der Waals surface area contributed by atoms with Gasteiger partial charge in [0.15, 0.2) is 0 Å². The maximum absolute atomic E-state index is 11.3. The van der Waals surface area contributed by atoms with Gasteiger partial charge in [0.2, 0.25) is 0 Å². The Labute approximate surface area is 106 Å². The number of rotatable bonds is 3. The molecular weight excluding hydrogens is 262 g/mol. The summed E-state index contributed by atoms with van der Waals surface area (Å²) in [6.45, 7) is 1.04. The first-order valence-electron chi connectivity index (χ1n) is 5.79. The fourth-order valence-corrected chi connectivity index (χ4v) is 6.16. The van der Waals surface area contributed by atoms with E-state index in [0.717, 1.165) is 24.6 Å². The minimum atomic E-state index is -2.71. The third-order valence-corrected chi connectivity index (χ3v) is 7.63. The van der Waals surface area contributed by atoms with Crippen molar-refractivity contribution in [3.05, 3.63) is 0 Å². The van der Waals surface area contributed by atoms with Gasteiger partial charge < -0.3 is 5.32 Å². The smallest absolute Gasteiger partial charge is 0.150 e. The Morgan fingerprint density at radius 3 is 2.56 bits per heavy atom. The summed E-state index contributed by atoms with van der Waals surface area (Å²) in [6.07, 6.45) is 1.60. The Kier molecular flexibility index (Phi) is 4.88. The molecule has 16 heavy (non-hydrogen) atoms. The number of hydrogen-bond acceptors (Lipinski definition) is 5. The minimum Gasteiger partial charge on any atom is -0.313 e. The topological polar surface area (TPSA) is 46.2 Å². The zero-order chi connectivity index (χ0) is 11.4. The molecule has 0 amide bonds. The second-order valence-corrected chi connectivity index (χ2v) is 9.26. The molecule has 0 saturated carbocycles. The summed E-state index contributed by atoms with van der Waals surface area (Å²) in [6, 6.07) is 0.427. The van der Waals surface area contributed by atoms with Gasteiger partial charge in [-0.05, 0) is 12.8 Å². The van der Waals surface area contributed by atoms with Crippen molar-refractivity contribution in [1.82, 2.24) is 5.32 Å². The van der Waals surface area contributed by atoms with Crippen LogP contribution in [0.4, 0.5) is 0 Å². The van der Waals surface area contributed by atoms with Crippen molar-refractivity contribution in [3.8, 4) is 0 Å². The number of hydrogen-bond donors (Lipinski definition) is 1. The fourth-order valence-electron chi connectivity index (χ4n) is 2.05. The van der Waals surface area contributed by atoms with Crippen LogP contribution in [-0.4, -0.2) is 55.0 Å². The molecule has 0 aromatic carbocycles. The third kappa shape index (κ3) is 4.13. The summed E-state index contributed by atoms with van der Waals surface area (Å²) in [4.78, 5) is 0. The predicted molar refractivity (Wildman–Crippen MR) is 73.2 cm³/mol. The van der Waals surface area contributed by atoms with Crippen LogP contribution in [0, 0.1) is 0 Å². The maximum Gasteiger partial charge on any atom is 0.150 e. The highest BCUT2D eigenvalue weighted by molar-refractivity contribution is 8.06. The fraction of sp³-hybridized carbons (Fsp3) is 1.00. The average molecular weight is 281 g/mol. The molecule has 0 aromatic rings. The van der Waals surface area contributed by atoms with Gasteiger partial charge >= 0.3 is 0 Å². The summed E-state index contributed by atoms with van der Waals surface area (Å²) < 4.78 is 22.5. The van der Waals surface area contributed by atoms with E-state index in [4.69, 9.17) is 0 Å².